The second-order valence-corrected chi connectivity index (χ2v) is 11.6. The van der Waals surface area contributed by atoms with Crippen LogP contribution in [0.25, 0.3) is 21.3 Å². The quantitative estimate of drug-likeness (QED) is 0.0450. The fourth-order valence-electron chi connectivity index (χ4n) is 3.47. The van der Waals surface area contributed by atoms with Crippen LogP contribution in [0, 0.1) is 18.3 Å². The van der Waals surface area contributed by atoms with Gasteiger partial charge in [-0.3, -0.25) is 9.54 Å². The molecule has 4 heterocycles. The van der Waals surface area contributed by atoms with E-state index in [9.17, 15) is 18.5 Å². The van der Waals surface area contributed by atoms with E-state index >= 15 is 0 Å². The maximum absolute atomic E-state index is 12.1. The molecule has 1 aromatic carbocycles. The van der Waals surface area contributed by atoms with Gasteiger partial charge in [-0.2, -0.15) is 33.4 Å². The zero-order valence-electron chi connectivity index (χ0n) is 21.4. The van der Waals surface area contributed by atoms with Crippen LogP contribution in [0.2, 0.25) is 0 Å². The number of aromatic nitrogens is 8. The van der Waals surface area contributed by atoms with Crippen molar-refractivity contribution in [3.8, 4) is 17.1 Å². The van der Waals surface area contributed by atoms with Crippen molar-refractivity contribution in [2.45, 2.75) is 11.8 Å². The number of benzene rings is 1. The number of azo groups is 1. The first-order valence-electron chi connectivity index (χ1n) is 11.5. The van der Waals surface area contributed by atoms with Gasteiger partial charge in [0.2, 0.25) is 16.9 Å². The van der Waals surface area contributed by atoms with Crippen molar-refractivity contribution >= 4 is 67.0 Å². The molecule has 6 N–H and O–H groups in total. The van der Waals surface area contributed by atoms with Gasteiger partial charge < -0.3 is 11.1 Å². The molecule has 0 fully saturated rings. The summed E-state index contributed by atoms with van der Waals surface area (Å²) in [6.07, 6.45) is 1.44. The van der Waals surface area contributed by atoms with Gasteiger partial charge in [0, 0.05) is 11.4 Å². The van der Waals surface area contributed by atoms with Crippen LogP contribution >= 0.6 is 23.4 Å². The van der Waals surface area contributed by atoms with Crippen molar-refractivity contribution in [1.82, 2.24) is 39.5 Å². The van der Waals surface area contributed by atoms with Crippen LogP contribution in [0.1, 0.15) is 11.3 Å². The molecule has 0 atom stereocenters. The van der Waals surface area contributed by atoms with E-state index in [4.69, 9.17) is 15.5 Å². The van der Waals surface area contributed by atoms with Crippen molar-refractivity contribution in [2.24, 2.45) is 10.2 Å². The number of rotatable bonds is 11. The third kappa shape index (κ3) is 6.81. The highest BCUT2D eigenvalue weighted by Crippen LogP contribution is 2.32. The van der Waals surface area contributed by atoms with Crippen LogP contribution < -0.4 is 16.7 Å². The summed E-state index contributed by atoms with van der Waals surface area (Å²) in [5, 5.41) is 41.3. The van der Waals surface area contributed by atoms with Crippen LogP contribution in [-0.2, 0) is 19.5 Å². The Kier molecular flexibility index (Phi) is 8.40. The molecule has 0 amide bonds. The summed E-state index contributed by atoms with van der Waals surface area (Å²) < 4.78 is 38.4. The fourth-order valence-corrected chi connectivity index (χ4v) is 5.24. The van der Waals surface area contributed by atoms with Crippen molar-refractivity contribution in [2.75, 3.05) is 23.3 Å². The number of thiazole rings is 1. The predicted molar refractivity (Wildman–Crippen MR) is 150 cm³/mol. The largest absolute Gasteiger partial charge is 0.382 e. The maximum atomic E-state index is 12.1. The molecule has 0 radical (unpaired) electrons. The van der Waals surface area contributed by atoms with Crippen molar-refractivity contribution in [3.05, 3.63) is 46.1 Å². The average Bonchev–Trinajstić information content (AvgIpc) is 3.64. The van der Waals surface area contributed by atoms with E-state index in [0.29, 0.717) is 15.5 Å². The lowest BCUT2D eigenvalue weighted by Gasteiger charge is -2.06. The molecule has 20 nitrogen and oxygen atoms in total. The van der Waals surface area contributed by atoms with E-state index < -0.39 is 21.6 Å². The Hall–Kier alpha value is -4.83. The number of hydrogen-bond donors (Lipinski definition) is 5. The summed E-state index contributed by atoms with van der Waals surface area (Å²) in [5.74, 6) is -1.15. The molecule has 4 aromatic heterocycles. The number of aromatic amines is 1. The number of nitrogens with zero attached hydrogens (tertiary/aromatic N) is 10. The van der Waals surface area contributed by atoms with Gasteiger partial charge in [0.15, 0.2) is 11.5 Å². The van der Waals surface area contributed by atoms with Gasteiger partial charge >= 0.3 is 5.69 Å². The van der Waals surface area contributed by atoms with Gasteiger partial charge in [0.1, 0.15) is 11.6 Å². The number of H-pyrrole nitrogens is 1. The zero-order valence-corrected chi connectivity index (χ0v) is 23.9. The zero-order chi connectivity index (χ0) is 30.7. The number of fused-ring (bicyclic) bond motifs is 1. The summed E-state index contributed by atoms with van der Waals surface area (Å²) in [7, 11) is -4.24. The van der Waals surface area contributed by atoms with Crippen molar-refractivity contribution in [1.29, 1.82) is 5.26 Å². The van der Waals surface area contributed by atoms with Crippen LogP contribution in [0.3, 0.4) is 0 Å². The first-order valence-corrected chi connectivity index (χ1v) is 14.7. The molecule has 0 saturated carbocycles. The lowest BCUT2D eigenvalue weighted by Crippen LogP contribution is -2.22. The van der Waals surface area contributed by atoms with E-state index in [-0.39, 0.29) is 47.0 Å². The van der Waals surface area contributed by atoms with Crippen LogP contribution in [0.15, 0.2) is 44.3 Å². The normalized spacial score (nSPS) is 11.9. The van der Waals surface area contributed by atoms with Gasteiger partial charge in [0.05, 0.1) is 39.9 Å². The minimum Gasteiger partial charge on any atom is -0.382 e. The van der Waals surface area contributed by atoms with Crippen molar-refractivity contribution < 1.29 is 27.6 Å². The van der Waals surface area contributed by atoms with Crippen LogP contribution in [0.5, 0.6) is 0 Å². The number of aryl methyl sites for hydroxylation is 1. The van der Waals surface area contributed by atoms with Gasteiger partial charge in [0.25, 0.3) is 16.1 Å². The molecule has 0 spiro atoms. The second kappa shape index (κ2) is 12.2. The van der Waals surface area contributed by atoms with E-state index in [0.717, 1.165) is 21.4 Å². The lowest BCUT2D eigenvalue weighted by molar-refractivity contribution is -0.432. The molecule has 0 bridgehead atoms. The summed E-state index contributed by atoms with van der Waals surface area (Å²) in [6.45, 7) is 1.31. The minimum absolute atomic E-state index is 0.0317. The maximum Gasteiger partial charge on any atom is 0.351 e. The summed E-state index contributed by atoms with van der Waals surface area (Å²) in [6, 6.07) is 7.21. The second-order valence-electron chi connectivity index (χ2n) is 8.22. The number of nitrogen functional groups attached to an aromatic ring is 1. The lowest BCUT2D eigenvalue weighted by atomic mass is 10.3. The average molecular weight is 648 g/mol. The molecule has 0 unspecified atom stereocenters. The number of nitrogens with one attached hydrogen (secondary N) is 2. The molecular formula is C20H17N13O7S3. The highest BCUT2D eigenvalue weighted by molar-refractivity contribution is 7.94. The highest BCUT2D eigenvalue weighted by Gasteiger charge is 2.19. The number of anilines is 2. The van der Waals surface area contributed by atoms with Crippen molar-refractivity contribution in [3.63, 3.8) is 0 Å². The van der Waals surface area contributed by atoms with Gasteiger partial charge in [-0.15, -0.1) is 19.7 Å². The molecule has 222 valence electrons. The number of nitrogens with two attached hydrogens (primary N) is 1. The number of hydrogen-bond acceptors (Lipinski definition) is 18. The summed E-state index contributed by atoms with van der Waals surface area (Å²) >= 11 is 2.07. The smallest absolute Gasteiger partial charge is 0.351 e. The molecule has 0 aliphatic carbocycles. The molecule has 0 saturated heterocycles. The monoisotopic (exact) mass is 647 g/mol. The predicted octanol–water partition coefficient (Wildman–Crippen LogP) is 2.05. The summed E-state index contributed by atoms with van der Waals surface area (Å²) in [5.41, 5.74) is 6.47. The first-order chi connectivity index (χ1) is 20.5. The molecule has 0 aliphatic rings. The molecular weight excluding hydrogens is 631 g/mol. The Labute approximate surface area is 247 Å². The first kappa shape index (κ1) is 29.7. The van der Waals surface area contributed by atoms with Gasteiger partial charge in [-0.05, 0) is 25.1 Å². The number of nitriles is 1. The molecule has 23 heteroatoms. The van der Waals surface area contributed by atoms with E-state index in [1.54, 1.807) is 25.1 Å². The Morgan fingerprint density at radius 2 is 2.09 bits per heavy atom. The summed E-state index contributed by atoms with van der Waals surface area (Å²) in [4.78, 5) is 27.3. The molecule has 43 heavy (non-hydrogen) atoms. The van der Waals surface area contributed by atoms with Gasteiger partial charge in [-0.1, -0.05) is 16.4 Å². The minimum atomic E-state index is -4.24. The van der Waals surface area contributed by atoms with E-state index in [2.05, 4.69) is 55.1 Å². The topological polar surface area (TPSA) is 287 Å². The SMILES string of the molecule is Cc1nn(-c2nc(NCCS(=O)(=O)O)[nH]c(=O)n2)c(N)c1N=Nc1nn(-c2nc3ccc(SOOO)cc3s2)cc1C#N. The Bertz CT molecular complexity index is 2060. The molecule has 0 aliphatic heterocycles. The Balaban J connectivity index is 1.41. The Morgan fingerprint density at radius 1 is 1.28 bits per heavy atom. The highest BCUT2D eigenvalue weighted by atomic mass is 32.2. The Morgan fingerprint density at radius 3 is 2.84 bits per heavy atom. The molecule has 5 aromatic rings. The van der Waals surface area contributed by atoms with E-state index in [1.165, 1.54) is 22.2 Å². The van der Waals surface area contributed by atoms with Gasteiger partial charge in [-0.25, -0.2) is 19.7 Å². The standard InChI is InChI=1S/C20H17N13O7S3/c1-9-14(15(22)33(30-9)18-25-17(26-19(34)27-18)23-4-5-43(36,37)38)28-29-16-10(7-21)8-32(31-16)20-24-12-3-2-11(42-40-39-35)6-13(12)41-20/h2-3,6,8,35H,4-5,22H2,1H3,(H,36,37,38)(H2,23,25,26,27,34). The van der Waals surface area contributed by atoms with E-state index in [1.807, 2.05) is 6.07 Å². The van der Waals surface area contributed by atoms with Crippen LogP contribution in [0.4, 0.5) is 23.3 Å². The third-order valence-electron chi connectivity index (χ3n) is 5.31. The molecule has 5 rings (SSSR count). The van der Waals surface area contributed by atoms with Crippen LogP contribution in [-0.4, -0.2) is 70.0 Å². The fraction of sp³-hybridized carbons (Fsp3) is 0.150. The third-order valence-corrected chi connectivity index (χ3v) is 7.61.